The fourth-order valence-corrected chi connectivity index (χ4v) is 2.76. The standard InChI is InChI=1S/C16H24N2O2/c1-4-18(11-16(2,3)20)15(19)13-9-10-17-14-8-6-5-7-12(13)14/h5-8,13,17,20H,4,9-11H2,1-3H3. The molecule has 1 unspecified atom stereocenters. The maximum atomic E-state index is 12.8. The van der Waals surface area contributed by atoms with Crippen LogP contribution in [0.4, 0.5) is 5.69 Å². The summed E-state index contributed by atoms with van der Waals surface area (Å²) in [6.45, 7) is 7.23. The van der Waals surface area contributed by atoms with E-state index in [0.29, 0.717) is 13.1 Å². The van der Waals surface area contributed by atoms with Crippen LogP contribution in [0.1, 0.15) is 38.7 Å². The lowest BCUT2D eigenvalue weighted by atomic mass is 9.89. The molecule has 0 aromatic heterocycles. The van der Waals surface area contributed by atoms with Crippen LogP contribution in [0, 0.1) is 0 Å². The van der Waals surface area contributed by atoms with Gasteiger partial charge in [0.25, 0.3) is 0 Å². The lowest BCUT2D eigenvalue weighted by Crippen LogP contribution is -2.44. The Balaban J connectivity index is 2.21. The van der Waals surface area contributed by atoms with Gasteiger partial charge in [-0.1, -0.05) is 18.2 Å². The molecule has 0 fully saturated rings. The van der Waals surface area contributed by atoms with E-state index in [9.17, 15) is 9.90 Å². The Morgan fingerprint density at radius 3 is 2.80 bits per heavy atom. The molecule has 2 N–H and O–H groups in total. The second-order valence-electron chi connectivity index (χ2n) is 6.02. The highest BCUT2D eigenvalue weighted by Gasteiger charge is 2.31. The van der Waals surface area contributed by atoms with Gasteiger partial charge in [0.05, 0.1) is 11.5 Å². The van der Waals surface area contributed by atoms with Crippen molar-refractivity contribution in [3.63, 3.8) is 0 Å². The molecule has 0 saturated carbocycles. The van der Waals surface area contributed by atoms with Crippen molar-refractivity contribution in [3.05, 3.63) is 29.8 Å². The summed E-state index contributed by atoms with van der Waals surface area (Å²) in [7, 11) is 0. The van der Waals surface area contributed by atoms with E-state index in [1.807, 2.05) is 31.2 Å². The number of carbonyl (C=O) groups is 1. The molecule has 0 radical (unpaired) electrons. The average molecular weight is 276 g/mol. The van der Waals surface area contributed by atoms with Crippen LogP contribution in [-0.2, 0) is 4.79 Å². The minimum atomic E-state index is -0.863. The lowest BCUT2D eigenvalue weighted by Gasteiger charge is -2.33. The maximum Gasteiger partial charge on any atom is 0.230 e. The van der Waals surface area contributed by atoms with Crippen LogP contribution in [0.5, 0.6) is 0 Å². The van der Waals surface area contributed by atoms with Crippen LogP contribution in [0.25, 0.3) is 0 Å². The summed E-state index contributed by atoms with van der Waals surface area (Å²) in [6, 6.07) is 7.98. The molecular formula is C16H24N2O2. The summed E-state index contributed by atoms with van der Waals surface area (Å²) in [5.74, 6) is 0.0123. The second-order valence-corrected chi connectivity index (χ2v) is 6.02. The van der Waals surface area contributed by atoms with E-state index in [2.05, 4.69) is 5.32 Å². The lowest BCUT2D eigenvalue weighted by molar-refractivity contribution is -0.135. The molecule has 2 rings (SSSR count). The van der Waals surface area contributed by atoms with Crippen molar-refractivity contribution < 1.29 is 9.90 Å². The SMILES string of the molecule is CCN(CC(C)(C)O)C(=O)C1CCNc2ccccc21. The van der Waals surface area contributed by atoms with Crippen molar-refractivity contribution >= 4 is 11.6 Å². The highest BCUT2D eigenvalue weighted by atomic mass is 16.3. The molecule has 1 heterocycles. The summed E-state index contributed by atoms with van der Waals surface area (Å²) in [5.41, 5.74) is 1.26. The number of para-hydroxylation sites is 1. The minimum Gasteiger partial charge on any atom is -0.389 e. The smallest absolute Gasteiger partial charge is 0.230 e. The van der Waals surface area contributed by atoms with Crippen molar-refractivity contribution in [1.82, 2.24) is 4.90 Å². The van der Waals surface area contributed by atoms with Crippen LogP contribution in [-0.4, -0.2) is 41.1 Å². The number of carbonyl (C=O) groups excluding carboxylic acids is 1. The van der Waals surface area contributed by atoms with Gasteiger partial charge in [0.15, 0.2) is 0 Å². The number of benzene rings is 1. The zero-order valence-electron chi connectivity index (χ0n) is 12.5. The fourth-order valence-electron chi connectivity index (χ4n) is 2.76. The quantitative estimate of drug-likeness (QED) is 0.886. The molecular weight excluding hydrogens is 252 g/mol. The summed E-state index contributed by atoms with van der Waals surface area (Å²) in [5, 5.41) is 13.3. The van der Waals surface area contributed by atoms with E-state index in [1.54, 1.807) is 18.7 Å². The maximum absolute atomic E-state index is 12.8. The van der Waals surface area contributed by atoms with E-state index in [-0.39, 0.29) is 11.8 Å². The fraction of sp³-hybridized carbons (Fsp3) is 0.562. The number of nitrogens with zero attached hydrogens (tertiary/aromatic N) is 1. The molecule has 0 aliphatic carbocycles. The van der Waals surface area contributed by atoms with Gasteiger partial charge in [-0.15, -0.1) is 0 Å². The van der Waals surface area contributed by atoms with Crippen molar-refractivity contribution in [1.29, 1.82) is 0 Å². The van der Waals surface area contributed by atoms with Gasteiger partial charge in [0, 0.05) is 25.3 Å². The number of aliphatic hydroxyl groups is 1. The third-order valence-electron chi connectivity index (χ3n) is 3.65. The first-order chi connectivity index (χ1) is 9.42. The van der Waals surface area contributed by atoms with Crippen molar-refractivity contribution in [3.8, 4) is 0 Å². The van der Waals surface area contributed by atoms with Gasteiger partial charge in [-0.3, -0.25) is 4.79 Å². The molecule has 1 aliphatic rings. The third kappa shape index (κ3) is 3.31. The molecule has 1 aromatic rings. The van der Waals surface area contributed by atoms with Crippen LogP contribution in [0.15, 0.2) is 24.3 Å². The number of hydrogen-bond acceptors (Lipinski definition) is 3. The molecule has 1 amide bonds. The van der Waals surface area contributed by atoms with Crippen LogP contribution in [0.3, 0.4) is 0 Å². The number of fused-ring (bicyclic) bond motifs is 1. The van der Waals surface area contributed by atoms with Crippen LogP contribution >= 0.6 is 0 Å². The zero-order chi connectivity index (χ0) is 14.8. The van der Waals surface area contributed by atoms with E-state index in [0.717, 1.165) is 24.2 Å². The Morgan fingerprint density at radius 2 is 2.15 bits per heavy atom. The average Bonchev–Trinajstić information content (AvgIpc) is 2.42. The molecule has 4 heteroatoms. The molecule has 0 bridgehead atoms. The largest absolute Gasteiger partial charge is 0.389 e. The highest BCUT2D eigenvalue weighted by Crippen LogP contribution is 2.32. The van der Waals surface area contributed by atoms with Crippen molar-refractivity contribution in [2.24, 2.45) is 0 Å². The first kappa shape index (κ1) is 14.9. The highest BCUT2D eigenvalue weighted by molar-refractivity contribution is 5.86. The van der Waals surface area contributed by atoms with Gasteiger partial charge < -0.3 is 15.3 Å². The van der Waals surface area contributed by atoms with E-state index in [4.69, 9.17) is 0 Å². The summed E-state index contributed by atoms with van der Waals surface area (Å²) < 4.78 is 0. The van der Waals surface area contributed by atoms with E-state index < -0.39 is 5.60 Å². The molecule has 0 spiro atoms. The number of anilines is 1. The normalized spacial score (nSPS) is 18.1. The number of nitrogens with one attached hydrogen (secondary N) is 1. The monoisotopic (exact) mass is 276 g/mol. The molecule has 20 heavy (non-hydrogen) atoms. The van der Waals surface area contributed by atoms with Gasteiger partial charge >= 0.3 is 0 Å². The van der Waals surface area contributed by atoms with Gasteiger partial charge in [-0.2, -0.15) is 0 Å². The molecule has 110 valence electrons. The predicted molar refractivity (Wildman–Crippen MR) is 80.8 cm³/mol. The van der Waals surface area contributed by atoms with Gasteiger partial charge in [-0.05, 0) is 38.8 Å². The molecule has 0 saturated heterocycles. The molecule has 1 atom stereocenters. The summed E-state index contributed by atoms with van der Waals surface area (Å²) in [6.07, 6.45) is 0.804. The van der Waals surface area contributed by atoms with E-state index in [1.165, 1.54) is 0 Å². The molecule has 4 nitrogen and oxygen atoms in total. The van der Waals surface area contributed by atoms with Gasteiger partial charge in [0.2, 0.25) is 5.91 Å². The Morgan fingerprint density at radius 1 is 1.45 bits per heavy atom. The minimum absolute atomic E-state index is 0.102. The molecule has 1 aromatic carbocycles. The number of hydrogen-bond donors (Lipinski definition) is 2. The van der Waals surface area contributed by atoms with Crippen molar-refractivity contribution in [2.75, 3.05) is 25.0 Å². The number of amides is 1. The zero-order valence-corrected chi connectivity index (χ0v) is 12.5. The van der Waals surface area contributed by atoms with E-state index >= 15 is 0 Å². The summed E-state index contributed by atoms with van der Waals surface area (Å²) in [4.78, 5) is 14.5. The number of rotatable bonds is 4. The Hall–Kier alpha value is -1.55. The van der Waals surface area contributed by atoms with Crippen molar-refractivity contribution in [2.45, 2.75) is 38.7 Å². The Kier molecular flexibility index (Phi) is 4.33. The third-order valence-corrected chi connectivity index (χ3v) is 3.65. The second kappa shape index (κ2) is 5.83. The van der Waals surface area contributed by atoms with Gasteiger partial charge in [-0.25, -0.2) is 0 Å². The topological polar surface area (TPSA) is 52.6 Å². The first-order valence-electron chi connectivity index (χ1n) is 7.26. The molecule has 1 aliphatic heterocycles. The predicted octanol–water partition coefficient (Wildman–Crippen LogP) is 2.21. The Bertz CT molecular complexity index is 480. The number of likely N-dealkylation sites (N-methyl/N-ethyl adjacent to an activating group) is 1. The first-order valence-corrected chi connectivity index (χ1v) is 7.26. The Labute approximate surface area is 120 Å². The van der Waals surface area contributed by atoms with Crippen LogP contribution in [0.2, 0.25) is 0 Å². The van der Waals surface area contributed by atoms with Gasteiger partial charge in [0.1, 0.15) is 0 Å². The van der Waals surface area contributed by atoms with Crippen LogP contribution < -0.4 is 5.32 Å². The summed E-state index contributed by atoms with van der Waals surface area (Å²) >= 11 is 0.